The summed E-state index contributed by atoms with van der Waals surface area (Å²) in [6.07, 6.45) is -2.61. The lowest BCUT2D eigenvalue weighted by molar-refractivity contribution is -0.275. The van der Waals surface area contributed by atoms with Crippen LogP contribution in [0.4, 0.5) is 18.9 Å². The first kappa shape index (κ1) is 24.7. The molecule has 0 saturated carbocycles. The number of hydrogen-bond acceptors (Lipinski definition) is 5. The van der Waals surface area contributed by atoms with Crippen molar-refractivity contribution in [3.8, 4) is 11.5 Å². The van der Waals surface area contributed by atoms with Crippen LogP contribution in [0.15, 0.2) is 53.4 Å². The molecule has 2 heterocycles. The molecule has 0 aliphatic carbocycles. The van der Waals surface area contributed by atoms with Crippen molar-refractivity contribution in [1.29, 1.82) is 0 Å². The van der Waals surface area contributed by atoms with Crippen LogP contribution < -0.4 is 14.4 Å². The first-order chi connectivity index (χ1) is 16.0. The number of ether oxygens (including phenoxy) is 2. The highest BCUT2D eigenvalue weighted by atomic mass is 32.2. The van der Waals surface area contributed by atoms with E-state index in [2.05, 4.69) is 9.64 Å². The van der Waals surface area contributed by atoms with Gasteiger partial charge in [0.1, 0.15) is 16.4 Å². The summed E-state index contributed by atoms with van der Waals surface area (Å²) in [5.41, 5.74) is 1.09. The van der Waals surface area contributed by atoms with Gasteiger partial charge in [-0.25, -0.2) is 8.42 Å². The Bertz CT molecular complexity index is 1100. The van der Waals surface area contributed by atoms with E-state index in [1.807, 2.05) is 38.1 Å². The minimum absolute atomic E-state index is 0.0128. The highest BCUT2D eigenvalue weighted by Crippen LogP contribution is 2.43. The highest BCUT2D eigenvalue weighted by Gasteiger charge is 2.44. The van der Waals surface area contributed by atoms with Gasteiger partial charge < -0.3 is 14.4 Å². The van der Waals surface area contributed by atoms with E-state index in [0.717, 1.165) is 43.1 Å². The molecule has 6 nitrogen and oxygen atoms in total. The maximum absolute atomic E-state index is 13.1. The quantitative estimate of drug-likeness (QED) is 0.558. The largest absolute Gasteiger partial charge is 0.573 e. The van der Waals surface area contributed by atoms with Gasteiger partial charge in [0.15, 0.2) is 0 Å². The van der Waals surface area contributed by atoms with E-state index in [1.54, 1.807) is 0 Å². The molecule has 2 aliphatic heterocycles. The Balaban J connectivity index is 1.42. The van der Waals surface area contributed by atoms with Gasteiger partial charge in [-0.05, 0) is 74.9 Å². The predicted octanol–water partition coefficient (Wildman–Crippen LogP) is 5.05. The van der Waals surface area contributed by atoms with Crippen LogP contribution in [0.25, 0.3) is 0 Å². The molecule has 0 amide bonds. The Labute approximate surface area is 198 Å². The smallest absolute Gasteiger partial charge is 0.491 e. The average Bonchev–Trinajstić information content (AvgIpc) is 3.17. The summed E-state index contributed by atoms with van der Waals surface area (Å²) in [5, 5.41) is 0. The van der Waals surface area contributed by atoms with Gasteiger partial charge in [-0.1, -0.05) is 12.1 Å². The average molecular weight is 499 g/mol. The lowest BCUT2D eigenvalue weighted by Gasteiger charge is -2.38. The summed E-state index contributed by atoms with van der Waals surface area (Å²) in [6, 6.07) is 12.9. The van der Waals surface area contributed by atoms with Gasteiger partial charge in [0.25, 0.3) is 0 Å². The molecule has 2 saturated heterocycles. The third-order valence-corrected chi connectivity index (χ3v) is 8.43. The van der Waals surface area contributed by atoms with Gasteiger partial charge in [0.05, 0.1) is 6.10 Å². The normalized spacial score (nSPS) is 19.1. The zero-order valence-corrected chi connectivity index (χ0v) is 20.0. The van der Waals surface area contributed by atoms with Crippen molar-refractivity contribution < 1.29 is 31.1 Å². The van der Waals surface area contributed by atoms with Crippen molar-refractivity contribution in [2.75, 3.05) is 31.1 Å². The first-order valence-electron chi connectivity index (χ1n) is 11.3. The second kappa shape index (κ2) is 9.30. The van der Waals surface area contributed by atoms with Gasteiger partial charge in [0.2, 0.25) is 10.0 Å². The summed E-state index contributed by atoms with van der Waals surface area (Å²) in [6.45, 7) is 6.17. The molecule has 186 valence electrons. The maximum Gasteiger partial charge on any atom is 0.573 e. The van der Waals surface area contributed by atoms with Crippen LogP contribution in [0.3, 0.4) is 0 Å². The number of sulfonamides is 1. The third kappa shape index (κ3) is 5.43. The predicted molar refractivity (Wildman–Crippen MR) is 123 cm³/mol. The van der Waals surface area contributed by atoms with E-state index in [1.165, 1.54) is 16.4 Å². The Morgan fingerprint density at radius 2 is 1.56 bits per heavy atom. The molecule has 0 atom stereocenters. The Hall–Kier alpha value is -2.46. The van der Waals surface area contributed by atoms with Crippen molar-refractivity contribution in [3.05, 3.63) is 48.5 Å². The van der Waals surface area contributed by atoms with Crippen LogP contribution in [0.5, 0.6) is 11.5 Å². The zero-order chi connectivity index (χ0) is 24.6. The number of rotatable bonds is 6. The molecule has 1 spiro atoms. The number of nitrogens with zero attached hydrogens (tertiary/aromatic N) is 2. The molecule has 4 rings (SSSR count). The van der Waals surface area contributed by atoms with E-state index in [4.69, 9.17) is 4.74 Å². The second-order valence-electron chi connectivity index (χ2n) is 9.23. The number of benzene rings is 2. The minimum atomic E-state index is -4.97. The molecule has 2 aliphatic rings. The Kier molecular flexibility index (Phi) is 6.74. The first-order valence-corrected chi connectivity index (χ1v) is 12.8. The number of piperidine rings is 1. The lowest BCUT2D eigenvalue weighted by Crippen LogP contribution is -2.44. The van der Waals surface area contributed by atoms with Crippen LogP contribution >= 0.6 is 0 Å². The van der Waals surface area contributed by atoms with Crippen LogP contribution in [0.1, 0.15) is 33.1 Å². The molecule has 0 bridgehead atoms. The topological polar surface area (TPSA) is 59.1 Å². The molecule has 2 aromatic rings. The van der Waals surface area contributed by atoms with Crippen molar-refractivity contribution >= 4 is 15.7 Å². The number of hydrogen-bond donors (Lipinski definition) is 0. The SMILES string of the molecule is CC(C)Oc1ccc(N2CCC3(CCN(S(=O)(=O)c4ccccc4OC(F)(F)F)CC3)C2)cc1. The number of para-hydroxylation sites is 1. The molecular weight excluding hydrogens is 469 g/mol. The monoisotopic (exact) mass is 498 g/mol. The number of anilines is 1. The van der Waals surface area contributed by atoms with Gasteiger partial charge >= 0.3 is 6.36 Å². The summed E-state index contributed by atoms with van der Waals surface area (Å²) in [7, 11) is -4.11. The van der Waals surface area contributed by atoms with Crippen molar-refractivity contribution in [1.82, 2.24) is 4.31 Å². The fourth-order valence-electron chi connectivity index (χ4n) is 4.78. The molecule has 0 unspecified atom stereocenters. The van der Waals surface area contributed by atoms with Crippen LogP contribution in [0, 0.1) is 5.41 Å². The van der Waals surface area contributed by atoms with Gasteiger partial charge in [-0.3, -0.25) is 0 Å². The van der Waals surface area contributed by atoms with Crippen molar-refractivity contribution in [3.63, 3.8) is 0 Å². The Morgan fingerprint density at radius 3 is 2.18 bits per heavy atom. The molecule has 2 aromatic carbocycles. The summed E-state index contributed by atoms with van der Waals surface area (Å²) in [5.74, 6) is 0.119. The van der Waals surface area contributed by atoms with Gasteiger partial charge in [0, 0.05) is 31.9 Å². The van der Waals surface area contributed by atoms with E-state index in [-0.39, 0.29) is 24.6 Å². The van der Waals surface area contributed by atoms with E-state index < -0.39 is 27.0 Å². The lowest BCUT2D eigenvalue weighted by atomic mass is 9.78. The summed E-state index contributed by atoms with van der Waals surface area (Å²) >= 11 is 0. The van der Waals surface area contributed by atoms with Crippen LogP contribution in [0.2, 0.25) is 0 Å². The molecule has 0 radical (unpaired) electrons. The van der Waals surface area contributed by atoms with E-state index in [0.29, 0.717) is 12.8 Å². The van der Waals surface area contributed by atoms with E-state index in [9.17, 15) is 21.6 Å². The highest BCUT2D eigenvalue weighted by molar-refractivity contribution is 7.89. The standard InChI is InChI=1S/C24H29F3N2O4S/c1-18(2)32-20-9-7-19(8-10-20)28-14-11-23(17-28)12-15-29(16-13-23)34(30,31)22-6-4-3-5-21(22)33-24(25,26)27/h3-10,18H,11-17H2,1-2H3. The van der Waals surface area contributed by atoms with E-state index >= 15 is 0 Å². The zero-order valence-electron chi connectivity index (χ0n) is 19.2. The second-order valence-corrected chi connectivity index (χ2v) is 11.1. The summed E-state index contributed by atoms with van der Waals surface area (Å²) < 4.78 is 75.5. The van der Waals surface area contributed by atoms with Crippen LogP contribution in [-0.4, -0.2) is 51.4 Å². The molecule has 0 aromatic heterocycles. The number of alkyl halides is 3. The molecule has 0 N–H and O–H groups in total. The third-order valence-electron chi connectivity index (χ3n) is 6.49. The van der Waals surface area contributed by atoms with Gasteiger partial charge in [-0.2, -0.15) is 4.31 Å². The number of halogens is 3. The summed E-state index contributed by atoms with van der Waals surface area (Å²) in [4.78, 5) is 1.84. The molecule has 2 fully saturated rings. The molecule has 10 heteroatoms. The fourth-order valence-corrected chi connectivity index (χ4v) is 6.34. The molecule has 34 heavy (non-hydrogen) atoms. The van der Waals surface area contributed by atoms with Crippen LogP contribution in [-0.2, 0) is 10.0 Å². The molecular formula is C24H29F3N2O4S. The fraction of sp³-hybridized carbons (Fsp3) is 0.500. The Morgan fingerprint density at radius 1 is 0.941 bits per heavy atom. The maximum atomic E-state index is 13.1. The minimum Gasteiger partial charge on any atom is -0.491 e. The van der Waals surface area contributed by atoms with Crippen molar-refractivity contribution in [2.24, 2.45) is 5.41 Å². The van der Waals surface area contributed by atoms with Gasteiger partial charge in [-0.15, -0.1) is 13.2 Å². The van der Waals surface area contributed by atoms with Crippen molar-refractivity contribution in [2.45, 2.75) is 50.5 Å².